The summed E-state index contributed by atoms with van der Waals surface area (Å²) in [5.74, 6) is -0.366. The summed E-state index contributed by atoms with van der Waals surface area (Å²) in [5, 5.41) is 12.1. The average molecular weight is 347 g/mol. The zero-order valence-electron chi connectivity index (χ0n) is 14.5. The number of carboxylic acids is 1. The van der Waals surface area contributed by atoms with Crippen molar-refractivity contribution >= 4 is 17.8 Å². The van der Waals surface area contributed by atoms with Gasteiger partial charge in [-0.05, 0) is 25.7 Å². The Morgan fingerprint density at radius 3 is 2.84 bits per heavy atom. The van der Waals surface area contributed by atoms with Gasteiger partial charge < -0.3 is 20.2 Å². The van der Waals surface area contributed by atoms with Gasteiger partial charge in [0, 0.05) is 44.0 Å². The molecule has 8 nitrogen and oxygen atoms in total. The van der Waals surface area contributed by atoms with Crippen LogP contribution in [0.2, 0.25) is 0 Å². The van der Waals surface area contributed by atoms with Crippen molar-refractivity contribution < 1.29 is 14.7 Å². The van der Waals surface area contributed by atoms with Crippen molar-refractivity contribution in [3.05, 3.63) is 18.1 Å². The number of amides is 2. The summed E-state index contributed by atoms with van der Waals surface area (Å²) < 4.78 is 0. The number of nitrogens with zero attached hydrogens (tertiary/aromatic N) is 4. The third kappa shape index (κ3) is 4.18. The number of likely N-dealkylation sites (tertiary alicyclic amines) is 1. The van der Waals surface area contributed by atoms with Gasteiger partial charge in [0.25, 0.3) is 0 Å². The van der Waals surface area contributed by atoms with Crippen molar-refractivity contribution in [3.8, 4) is 0 Å². The largest absolute Gasteiger partial charge is 0.481 e. The van der Waals surface area contributed by atoms with Crippen LogP contribution in [0.1, 0.15) is 31.9 Å². The standard InChI is InChI=1S/C17H25N5O3/c1-2-13-8-15(19-11-18-13)21-6-3-4-14(10-21)20-17(25)22-7-5-12(9-22)16(23)24/h8,11-12,14H,2-7,9-10H2,1H3,(H,20,25)(H,23,24). The number of piperidine rings is 1. The Morgan fingerprint density at radius 2 is 2.12 bits per heavy atom. The van der Waals surface area contributed by atoms with Gasteiger partial charge in [-0.15, -0.1) is 0 Å². The molecular formula is C17H25N5O3. The Morgan fingerprint density at radius 1 is 1.28 bits per heavy atom. The maximum absolute atomic E-state index is 12.4. The Kier molecular flexibility index (Phi) is 5.35. The van der Waals surface area contributed by atoms with Crippen LogP contribution < -0.4 is 10.2 Å². The number of hydrogen-bond donors (Lipinski definition) is 2. The van der Waals surface area contributed by atoms with Crippen LogP contribution in [0.3, 0.4) is 0 Å². The van der Waals surface area contributed by atoms with Gasteiger partial charge in [-0.25, -0.2) is 14.8 Å². The monoisotopic (exact) mass is 347 g/mol. The molecule has 1 aromatic heterocycles. The molecule has 2 atom stereocenters. The lowest BCUT2D eigenvalue weighted by atomic mass is 10.1. The van der Waals surface area contributed by atoms with E-state index in [9.17, 15) is 9.59 Å². The van der Waals surface area contributed by atoms with Crippen LogP contribution in [-0.4, -0.2) is 64.2 Å². The number of carbonyl (C=O) groups excluding carboxylic acids is 1. The smallest absolute Gasteiger partial charge is 0.317 e. The Hall–Kier alpha value is -2.38. The second-order valence-corrected chi connectivity index (χ2v) is 6.73. The molecule has 1 aromatic rings. The number of carboxylic acid groups (broad SMARTS) is 1. The first-order chi connectivity index (χ1) is 12.1. The van der Waals surface area contributed by atoms with Gasteiger partial charge in [0.2, 0.25) is 0 Å². The van der Waals surface area contributed by atoms with Crippen LogP contribution in [0.5, 0.6) is 0 Å². The highest BCUT2D eigenvalue weighted by atomic mass is 16.4. The zero-order chi connectivity index (χ0) is 17.8. The lowest BCUT2D eigenvalue weighted by Crippen LogP contribution is -2.51. The number of carbonyl (C=O) groups is 2. The van der Waals surface area contributed by atoms with E-state index in [0.717, 1.165) is 37.3 Å². The number of aliphatic carboxylic acids is 1. The van der Waals surface area contributed by atoms with Gasteiger partial charge in [0.1, 0.15) is 12.1 Å². The van der Waals surface area contributed by atoms with Crippen LogP contribution in [0.15, 0.2) is 12.4 Å². The molecule has 2 aliphatic rings. The van der Waals surface area contributed by atoms with Crippen molar-refractivity contribution in [2.75, 3.05) is 31.1 Å². The number of aryl methyl sites for hydroxylation is 1. The molecule has 2 unspecified atom stereocenters. The van der Waals surface area contributed by atoms with Crippen LogP contribution in [0.25, 0.3) is 0 Å². The molecule has 0 radical (unpaired) electrons. The van der Waals surface area contributed by atoms with Gasteiger partial charge in [-0.3, -0.25) is 4.79 Å². The lowest BCUT2D eigenvalue weighted by Gasteiger charge is -2.34. The molecule has 25 heavy (non-hydrogen) atoms. The van der Waals surface area contributed by atoms with E-state index < -0.39 is 11.9 Å². The van der Waals surface area contributed by atoms with Gasteiger partial charge in [-0.2, -0.15) is 0 Å². The minimum atomic E-state index is -0.824. The van der Waals surface area contributed by atoms with Crippen molar-refractivity contribution in [2.45, 2.75) is 38.6 Å². The van der Waals surface area contributed by atoms with Gasteiger partial charge in [-0.1, -0.05) is 6.92 Å². The summed E-state index contributed by atoms with van der Waals surface area (Å²) in [4.78, 5) is 35.8. The van der Waals surface area contributed by atoms with E-state index in [-0.39, 0.29) is 12.1 Å². The number of nitrogens with one attached hydrogen (secondary N) is 1. The molecule has 8 heteroatoms. The van der Waals surface area contributed by atoms with E-state index in [0.29, 0.717) is 26.1 Å². The first kappa shape index (κ1) is 17.4. The summed E-state index contributed by atoms with van der Waals surface area (Å²) in [7, 11) is 0. The molecule has 0 spiro atoms. The van der Waals surface area contributed by atoms with E-state index >= 15 is 0 Å². The predicted octanol–water partition coefficient (Wildman–Crippen LogP) is 1.12. The van der Waals surface area contributed by atoms with Crippen molar-refractivity contribution in [3.63, 3.8) is 0 Å². The van der Waals surface area contributed by atoms with Crippen LogP contribution >= 0.6 is 0 Å². The summed E-state index contributed by atoms with van der Waals surface area (Å²) in [6.45, 7) is 4.49. The van der Waals surface area contributed by atoms with Crippen molar-refractivity contribution in [1.82, 2.24) is 20.2 Å². The number of aromatic nitrogens is 2. The molecule has 0 saturated carbocycles. The highest BCUT2D eigenvalue weighted by Crippen LogP contribution is 2.20. The summed E-state index contributed by atoms with van der Waals surface area (Å²) in [6, 6.07) is 1.89. The summed E-state index contributed by atoms with van der Waals surface area (Å²) in [6.07, 6.45) is 4.88. The third-order valence-electron chi connectivity index (χ3n) is 4.97. The fraction of sp³-hybridized carbons (Fsp3) is 0.647. The molecular weight excluding hydrogens is 322 g/mol. The van der Waals surface area contributed by atoms with E-state index in [4.69, 9.17) is 5.11 Å². The topological polar surface area (TPSA) is 98.7 Å². The van der Waals surface area contributed by atoms with Crippen molar-refractivity contribution in [2.24, 2.45) is 5.92 Å². The third-order valence-corrected chi connectivity index (χ3v) is 4.97. The zero-order valence-corrected chi connectivity index (χ0v) is 14.5. The normalized spacial score (nSPS) is 23.6. The van der Waals surface area contributed by atoms with Gasteiger partial charge in [0.15, 0.2) is 0 Å². The summed E-state index contributed by atoms with van der Waals surface area (Å²) >= 11 is 0. The molecule has 136 valence electrons. The first-order valence-corrected chi connectivity index (χ1v) is 8.91. The molecule has 2 saturated heterocycles. The molecule has 0 aromatic carbocycles. The second kappa shape index (κ2) is 7.67. The van der Waals surface area contributed by atoms with E-state index in [1.165, 1.54) is 0 Å². The maximum Gasteiger partial charge on any atom is 0.317 e. The predicted molar refractivity (Wildman–Crippen MR) is 92.5 cm³/mol. The lowest BCUT2D eigenvalue weighted by molar-refractivity contribution is -0.141. The van der Waals surface area contributed by atoms with Crippen LogP contribution in [0, 0.1) is 5.92 Å². The number of anilines is 1. The molecule has 0 aliphatic carbocycles. The molecule has 3 heterocycles. The van der Waals surface area contributed by atoms with Gasteiger partial charge >= 0.3 is 12.0 Å². The summed E-state index contributed by atoms with van der Waals surface area (Å²) in [5.41, 5.74) is 1.01. The Labute approximate surface area is 147 Å². The van der Waals surface area contributed by atoms with E-state index in [1.807, 2.05) is 6.07 Å². The molecule has 3 rings (SSSR count). The molecule has 2 aliphatic heterocycles. The van der Waals surface area contributed by atoms with Gasteiger partial charge in [0.05, 0.1) is 5.92 Å². The number of hydrogen-bond acceptors (Lipinski definition) is 5. The van der Waals surface area contributed by atoms with E-state index in [2.05, 4.69) is 27.1 Å². The number of urea groups is 1. The minimum absolute atomic E-state index is 0.0465. The quantitative estimate of drug-likeness (QED) is 0.847. The van der Waals surface area contributed by atoms with Crippen LogP contribution in [0.4, 0.5) is 10.6 Å². The molecule has 2 N–H and O–H groups in total. The highest BCUT2D eigenvalue weighted by Gasteiger charge is 2.32. The second-order valence-electron chi connectivity index (χ2n) is 6.73. The van der Waals surface area contributed by atoms with Crippen LogP contribution in [-0.2, 0) is 11.2 Å². The maximum atomic E-state index is 12.4. The first-order valence-electron chi connectivity index (χ1n) is 8.91. The average Bonchev–Trinajstić information content (AvgIpc) is 3.13. The number of rotatable bonds is 4. The minimum Gasteiger partial charge on any atom is -0.481 e. The molecule has 0 bridgehead atoms. The Balaban J connectivity index is 1.56. The Bertz CT molecular complexity index is 638. The fourth-order valence-corrected chi connectivity index (χ4v) is 3.47. The molecule has 2 fully saturated rings. The fourth-order valence-electron chi connectivity index (χ4n) is 3.47. The highest BCUT2D eigenvalue weighted by molar-refractivity contribution is 5.77. The van der Waals surface area contributed by atoms with Crippen molar-refractivity contribution in [1.29, 1.82) is 0 Å². The molecule has 2 amide bonds. The van der Waals surface area contributed by atoms with E-state index in [1.54, 1.807) is 11.2 Å². The SMILES string of the molecule is CCc1cc(N2CCCC(NC(=O)N3CCC(C(=O)O)C3)C2)ncn1.